The molecule has 0 unspecified atom stereocenters. The van der Waals surface area contributed by atoms with Crippen LogP contribution in [-0.2, 0) is 43.2 Å². The molecule has 0 N–H and O–H groups in total. The first-order valence-corrected chi connectivity index (χ1v) is 20.0. The largest absolute Gasteiger partial charge is 0.414 e. The van der Waals surface area contributed by atoms with Crippen LogP contribution in [-0.4, -0.2) is 44.8 Å². The van der Waals surface area contributed by atoms with Crippen LogP contribution in [0.3, 0.4) is 0 Å². The van der Waals surface area contributed by atoms with Crippen molar-refractivity contribution in [2.75, 3.05) is 6.61 Å². The molecule has 4 aromatic carbocycles. The van der Waals surface area contributed by atoms with Crippen molar-refractivity contribution in [3.8, 4) is 0 Å². The minimum Gasteiger partial charge on any atom is -0.414 e. The van der Waals surface area contributed by atoms with Crippen LogP contribution in [0.5, 0.6) is 0 Å². The van der Waals surface area contributed by atoms with E-state index < -0.39 is 26.6 Å². The minimum atomic E-state index is -2.09. The SMILES string of the molecule is CC(C)(C)[Si](C)(C)OC[C@H]1O[C@@H](Sc2ccccc2)[C@H](OCc2ccccc2)[C@@H](OCc2ccccc2)[C@H]1OCc1ccccc1. The van der Waals surface area contributed by atoms with E-state index >= 15 is 0 Å². The average molecular weight is 657 g/mol. The maximum absolute atomic E-state index is 7.01. The van der Waals surface area contributed by atoms with Crippen molar-refractivity contribution in [3.63, 3.8) is 0 Å². The molecule has 5 nitrogen and oxygen atoms in total. The Labute approximate surface area is 280 Å². The number of ether oxygens (including phenoxy) is 4. The van der Waals surface area contributed by atoms with Crippen LogP contribution in [0.1, 0.15) is 37.5 Å². The quantitative estimate of drug-likeness (QED) is 0.126. The molecule has 1 aliphatic heterocycles. The van der Waals surface area contributed by atoms with Gasteiger partial charge < -0.3 is 23.4 Å². The van der Waals surface area contributed by atoms with Crippen molar-refractivity contribution < 1.29 is 23.4 Å². The Morgan fingerprint density at radius 2 is 1.00 bits per heavy atom. The van der Waals surface area contributed by atoms with E-state index in [2.05, 4.69) is 94.5 Å². The summed E-state index contributed by atoms with van der Waals surface area (Å²) in [7, 11) is -2.09. The second kappa shape index (κ2) is 16.4. The highest BCUT2D eigenvalue weighted by Crippen LogP contribution is 2.40. The molecule has 0 aromatic heterocycles. The molecular formula is C39H48O5SSi. The second-order valence-corrected chi connectivity index (χ2v) is 19.3. The summed E-state index contributed by atoms with van der Waals surface area (Å²) in [4.78, 5) is 1.11. The molecule has 1 saturated heterocycles. The Bertz CT molecular complexity index is 1430. The van der Waals surface area contributed by atoms with Crippen molar-refractivity contribution in [2.45, 2.75) is 93.5 Å². The maximum Gasteiger partial charge on any atom is 0.192 e. The molecule has 46 heavy (non-hydrogen) atoms. The Morgan fingerprint density at radius 1 is 0.587 bits per heavy atom. The van der Waals surface area contributed by atoms with Gasteiger partial charge in [-0.05, 0) is 47.0 Å². The fraction of sp³-hybridized carbons (Fsp3) is 0.385. The normalized spacial score (nSPS) is 22.1. The predicted octanol–water partition coefficient (Wildman–Crippen LogP) is 9.28. The van der Waals surface area contributed by atoms with Crippen LogP contribution in [0.25, 0.3) is 0 Å². The summed E-state index contributed by atoms with van der Waals surface area (Å²) >= 11 is 1.67. The third-order valence-electron chi connectivity index (χ3n) is 8.86. The summed E-state index contributed by atoms with van der Waals surface area (Å²) < 4.78 is 34.3. The van der Waals surface area contributed by atoms with Crippen LogP contribution in [0.15, 0.2) is 126 Å². The van der Waals surface area contributed by atoms with Gasteiger partial charge >= 0.3 is 0 Å². The summed E-state index contributed by atoms with van der Waals surface area (Å²) in [6.45, 7) is 13.1. The lowest BCUT2D eigenvalue weighted by molar-refractivity contribution is -0.251. The Balaban J connectivity index is 1.50. The van der Waals surface area contributed by atoms with Crippen LogP contribution in [0, 0.1) is 0 Å². The van der Waals surface area contributed by atoms with Crippen molar-refractivity contribution >= 4 is 20.1 Å². The third-order valence-corrected chi connectivity index (χ3v) is 14.5. The molecule has 0 saturated carbocycles. The molecule has 0 amide bonds. The van der Waals surface area contributed by atoms with Crippen molar-refractivity contribution in [3.05, 3.63) is 138 Å². The lowest BCUT2D eigenvalue weighted by atomic mass is 9.99. The van der Waals surface area contributed by atoms with Gasteiger partial charge in [0.2, 0.25) is 0 Å². The zero-order valence-corrected chi connectivity index (χ0v) is 29.5. The van der Waals surface area contributed by atoms with E-state index in [1.54, 1.807) is 11.8 Å². The Morgan fingerprint density at radius 3 is 1.46 bits per heavy atom. The molecule has 1 aliphatic rings. The van der Waals surface area contributed by atoms with Crippen LogP contribution in [0.2, 0.25) is 18.1 Å². The van der Waals surface area contributed by atoms with E-state index in [4.69, 9.17) is 23.4 Å². The fourth-order valence-electron chi connectivity index (χ4n) is 5.11. The first-order valence-electron chi connectivity index (χ1n) is 16.2. The van der Waals surface area contributed by atoms with Gasteiger partial charge in [0, 0.05) is 4.90 Å². The monoisotopic (exact) mass is 656 g/mol. The van der Waals surface area contributed by atoms with Gasteiger partial charge in [0.05, 0.1) is 26.4 Å². The molecule has 1 heterocycles. The van der Waals surface area contributed by atoms with E-state index in [1.165, 1.54) is 0 Å². The third kappa shape index (κ3) is 9.64. The highest BCUT2D eigenvalue weighted by Gasteiger charge is 2.50. The fourth-order valence-corrected chi connectivity index (χ4v) is 7.28. The summed E-state index contributed by atoms with van der Waals surface area (Å²) in [5.74, 6) is 0. The van der Waals surface area contributed by atoms with Gasteiger partial charge in [0.15, 0.2) is 8.32 Å². The average Bonchev–Trinajstić information content (AvgIpc) is 3.06. The maximum atomic E-state index is 7.01. The van der Waals surface area contributed by atoms with E-state index in [0.717, 1.165) is 21.6 Å². The molecular weight excluding hydrogens is 609 g/mol. The Kier molecular flexibility index (Phi) is 12.3. The number of thioether (sulfide) groups is 1. The topological polar surface area (TPSA) is 46.2 Å². The zero-order chi connectivity index (χ0) is 32.4. The lowest BCUT2D eigenvalue weighted by Gasteiger charge is -2.47. The smallest absolute Gasteiger partial charge is 0.192 e. The molecule has 0 bridgehead atoms. The number of hydrogen-bond donors (Lipinski definition) is 0. The van der Waals surface area contributed by atoms with Gasteiger partial charge in [0.1, 0.15) is 29.9 Å². The number of rotatable bonds is 14. The van der Waals surface area contributed by atoms with Gasteiger partial charge in [-0.25, -0.2) is 0 Å². The first kappa shape index (κ1) is 34.6. The predicted molar refractivity (Wildman–Crippen MR) is 189 cm³/mol. The molecule has 0 aliphatic carbocycles. The lowest BCUT2D eigenvalue weighted by Crippen LogP contribution is -2.61. The molecule has 7 heteroatoms. The van der Waals surface area contributed by atoms with Crippen LogP contribution >= 0.6 is 11.8 Å². The molecule has 5 atom stereocenters. The zero-order valence-electron chi connectivity index (χ0n) is 27.7. The van der Waals surface area contributed by atoms with Crippen molar-refractivity contribution in [2.24, 2.45) is 0 Å². The Hall–Kier alpha value is -2.75. The van der Waals surface area contributed by atoms with Gasteiger partial charge in [-0.15, -0.1) is 0 Å². The number of benzene rings is 4. The summed E-state index contributed by atoms with van der Waals surface area (Å²) in [5, 5.41) is 0.0603. The van der Waals surface area contributed by atoms with Crippen LogP contribution < -0.4 is 0 Å². The molecule has 0 spiro atoms. The van der Waals surface area contributed by atoms with Gasteiger partial charge in [-0.1, -0.05) is 142 Å². The van der Waals surface area contributed by atoms with E-state index in [0.29, 0.717) is 26.4 Å². The van der Waals surface area contributed by atoms with Crippen LogP contribution in [0.4, 0.5) is 0 Å². The second-order valence-electron chi connectivity index (χ2n) is 13.3. The molecule has 244 valence electrons. The van der Waals surface area contributed by atoms with Gasteiger partial charge in [0.25, 0.3) is 0 Å². The molecule has 0 radical (unpaired) electrons. The van der Waals surface area contributed by atoms with Crippen molar-refractivity contribution in [1.29, 1.82) is 0 Å². The molecule has 5 rings (SSSR count). The summed E-state index contributed by atoms with van der Waals surface area (Å²) in [5.41, 5.74) is 2.93. The van der Waals surface area contributed by atoms with Gasteiger partial charge in [-0.2, -0.15) is 0 Å². The summed E-state index contributed by atoms with van der Waals surface area (Å²) in [6, 6.07) is 41.2. The standard InChI is InChI=1S/C39H48O5SSi/c1-39(2,3)46(4,5)43-29-34-35(40-26-30-18-10-6-11-19-30)36(41-27-31-20-12-7-13-21-31)37(42-28-32-22-14-8-15-23-32)38(44-34)45-33-24-16-9-17-25-33/h6-25,34-38H,26-29H2,1-5H3/t34-,35+,36+,37-,38+/m1/s1. The highest BCUT2D eigenvalue weighted by molar-refractivity contribution is 7.99. The van der Waals surface area contributed by atoms with E-state index in [1.807, 2.05) is 60.7 Å². The highest BCUT2D eigenvalue weighted by atomic mass is 32.2. The van der Waals surface area contributed by atoms with E-state index in [9.17, 15) is 0 Å². The number of hydrogen-bond acceptors (Lipinski definition) is 6. The minimum absolute atomic E-state index is 0.0603. The summed E-state index contributed by atoms with van der Waals surface area (Å²) in [6.07, 6.45) is -1.63. The van der Waals surface area contributed by atoms with Crippen molar-refractivity contribution in [1.82, 2.24) is 0 Å². The van der Waals surface area contributed by atoms with Gasteiger partial charge in [-0.3, -0.25) is 0 Å². The van der Waals surface area contributed by atoms with E-state index in [-0.39, 0.29) is 16.6 Å². The molecule has 1 fully saturated rings. The first-order chi connectivity index (χ1) is 22.2. The molecule has 4 aromatic rings.